The second kappa shape index (κ2) is 2.55. The largest absolute Gasteiger partial charge is 0.324 e. The summed E-state index contributed by atoms with van der Waals surface area (Å²) in [5, 5.41) is 10.4. The van der Waals surface area contributed by atoms with Gasteiger partial charge in [-0.2, -0.15) is 0 Å². The lowest BCUT2D eigenvalue weighted by Crippen LogP contribution is -1.88. The molecule has 0 amide bonds. The highest BCUT2D eigenvalue weighted by Gasteiger charge is 2.08. The molecule has 2 aromatic rings. The second-order valence-electron chi connectivity index (χ2n) is 2.70. The van der Waals surface area contributed by atoms with E-state index in [9.17, 15) is 10.1 Å². The average Bonchev–Trinajstić information content (AvgIpc) is 2.47. The zero-order valence-corrected chi connectivity index (χ0v) is 6.89. The van der Waals surface area contributed by atoms with Crippen LogP contribution in [0.1, 0.15) is 0 Å². The summed E-state index contributed by atoms with van der Waals surface area (Å²) >= 11 is 0. The Balaban J connectivity index is 2.70. The van der Waals surface area contributed by atoms with Crippen LogP contribution < -0.4 is 0 Å². The summed E-state index contributed by atoms with van der Waals surface area (Å²) in [6, 6.07) is 4.56. The van der Waals surface area contributed by atoms with Gasteiger partial charge in [0.05, 0.1) is 16.0 Å². The van der Waals surface area contributed by atoms with E-state index in [1.165, 1.54) is 12.1 Å². The smallest absolute Gasteiger partial charge is 0.271 e. The van der Waals surface area contributed by atoms with E-state index < -0.39 is 4.92 Å². The zero-order chi connectivity index (χ0) is 9.42. The highest BCUT2D eigenvalue weighted by molar-refractivity contribution is 5.77. The average molecular weight is 176 g/mol. The maximum absolute atomic E-state index is 10.4. The van der Waals surface area contributed by atoms with Gasteiger partial charge >= 0.3 is 0 Å². The molecule has 1 aromatic carbocycles. The summed E-state index contributed by atoms with van der Waals surface area (Å²) in [5.41, 5.74) is 1.49. The fourth-order valence-corrected chi connectivity index (χ4v) is 1.18. The quantitative estimate of drug-likeness (QED) is 0.485. The van der Waals surface area contributed by atoms with E-state index in [1.807, 2.05) is 0 Å². The molecule has 0 spiro atoms. The fraction of sp³-hybridized carbons (Fsp3) is 0.125. The van der Waals surface area contributed by atoms with E-state index in [1.54, 1.807) is 17.7 Å². The number of fused-ring (bicyclic) bond motifs is 1. The molecule has 0 saturated carbocycles. The minimum atomic E-state index is -0.436. The van der Waals surface area contributed by atoms with Gasteiger partial charge in [0, 0.05) is 19.2 Å². The van der Waals surface area contributed by atoms with E-state index in [4.69, 9.17) is 0 Å². The normalized spacial score (nSPS) is 10.5. The first-order chi connectivity index (χ1) is 6.18. The molecule has 65 valence electrons. The summed E-state index contributed by atoms with van der Waals surface area (Å²) in [5.74, 6) is 0. The molecule has 1 heterocycles. The molecule has 0 unspecified atom stereocenters. The van der Waals surface area contributed by atoms with Gasteiger partial charge in [-0.3, -0.25) is 10.1 Å². The molecule has 13 heavy (non-hydrogen) atoms. The standard InChI is InChI=1S/C8H6N3O2/c1-10-5-9-7-4-6(11(12)13)2-3-8(7)10/h2-4H,1H3. The summed E-state index contributed by atoms with van der Waals surface area (Å²) in [6.45, 7) is 0. The zero-order valence-electron chi connectivity index (χ0n) is 6.89. The molecule has 5 heteroatoms. The van der Waals surface area contributed by atoms with Crippen LogP contribution in [0.25, 0.3) is 11.0 Å². The molecule has 0 bridgehead atoms. The summed E-state index contributed by atoms with van der Waals surface area (Å²) in [7, 11) is 1.79. The first-order valence-corrected chi connectivity index (χ1v) is 3.67. The van der Waals surface area contributed by atoms with Crippen molar-refractivity contribution in [2.75, 3.05) is 0 Å². The molecule has 0 aliphatic carbocycles. The van der Waals surface area contributed by atoms with Crippen LogP contribution in [0.2, 0.25) is 0 Å². The monoisotopic (exact) mass is 176 g/mol. The molecule has 1 radical (unpaired) electrons. The van der Waals surface area contributed by atoms with Gasteiger partial charge in [-0.1, -0.05) is 0 Å². The van der Waals surface area contributed by atoms with Crippen molar-refractivity contribution < 1.29 is 4.92 Å². The van der Waals surface area contributed by atoms with E-state index in [0.717, 1.165) is 5.52 Å². The molecular formula is C8H6N3O2. The minimum absolute atomic E-state index is 0.0552. The Morgan fingerprint density at radius 3 is 3.08 bits per heavy atom. The van der Waals surface area contributed by atoms with Crippen LogP contribution in [0.3, 0.4) is 0 Å². The number of nitrogens with zero attached hydrogens (tertiary/aromatic N) is 3. The van der Waals surface area contributed by atoms with Gasteiger partial charge in [-0.25, -0.2) is 4.98 Å². The van der Waals surface area contributed by atoms with Crippen molar-refractivity contribution in [3.05, 3.63) is 34.6 Å². The molecule has 0 fully saturated rings. The maximum Gasteiger partial charge on any atom is 0.271 e. The van der Waals surface area contributed by atoms with Crippen LogP contribution in [0.15, 0.2) is 18.2 Å². The van der Waals surface area contributed by atoms with Gasteiger partial charge in [-0.15, -0.1) is 0 Å². The predicted octanol–water partition coefficient (Wildman–Crippen LogP) is 1.28. The lowest BCUT2D eigenvalue weighted by molar-refractivity contribution is -0.384. The molecule has 2 rings (SSSR count). The van der Waals surface area contributed by atoms with Crippen LogP contribution in [-0.2, 0) is 7.05 Å². The number of imidazole rings is 1. The van der Waals surface area contributed by atoms with Gasteiger partial charge < -0.3 is 4.57 Å². The predicted molar refractivity (Wildman–Crippen MR) is 46.2 cm³/mol. The van der Waals surface area contributed by atoms with Crippen LogP contribution >= 0.6 is 0 Å². The Morgan fingerprint density at radius 1 is 1.62 bits per heavy atom. The molecule has 0 atom stereocenters. The Morgan fingerprint density at radius 2 is 2.38 bits per heavy atom. The summed E-state index contributed by atoms with van der Waals surface area (Å²) < 4.78 is 1.69. The Labute approximate surface area is 73.8 Å². The molecule has 1 aromatic heterocycles. The van der Waals surface area contributed by atoms with Crippen molar-refractivity contribution in [1.82, 2.24) is 9.55 Å². The minimum Gasteiger partial charge on any atom is -0.324 e. The number of benzene rings is 1. The van der Waals surface area contributed by atoms with Crippen molar-refractivity contribution in [1.29, 1.82) is 0 Å². The number of nitro groups is 1. The number of aryl methyl sites for hydroxylation is 1. The highest BCUT2D eigenvalue weighted by Crippen LogP contribution is 2.18. The summed E-state index contributed by atoms with van der Waals surface area (Å²) in [6.07, 6.45) is 2.69. The molecule has 0 saturated heterocycles. The van der Waals surface area contributed by atoms with Gasteiger partial charge in [0.1, 0.15) is 0 Å². The second-order valence-corrected chi connectivity index (χ2v) is 2.70. The first kappa shape index (κ1) is 7.72. The number of nitro benzene ring substituents is 1. The number of aromatic nitrogens is 2. The van der Waals surface area contributed by atoms with Crippen molar-refractivity contribution in [3.63, 3.8) is 0 Å². The van der Waals surface area contributed by atoms with Crippen LogP contribution in [0, 0.1) is 16.4 Å². The third-order valence-corrected chi connectivity index (χ3v) is 1.85. The SMILES string of the molecule is Cn1[c]nc2cc([N+](=O)[O-])ccc21. The molecule has 0 aliphatic heterocycles. The maximum atomic E-state index is 10.4. The van der Waals surface area contributed by atoms with Gasteiger partial charge in [-0.05, 0) is 6.07 Å². The van der Waals surface area contributed by atoms with E-state index >= 15 is 0 Å². The number of hydrogen-bond donors (Lipinski definition) is 0. The molecular weight excluding hydrogens is 170 g/mol. The number of rotatable bonds is 1. The van der Waals surface area contributed by atoms with Crippen molar-refractivity contribution in [2.45, 2.75) is 0 Å². The third kappa shape index (κ3) is 1.14. The van der Waals surface area contributed by atoms with Crippen LogP contribution in [0.4, 0.5) is 5.69 Å². The van der Waals surface area contributed by atoms with Crippen molar-refractivity contribution in [3.8, 4) is 0 Å². The van der Waals surface area contributed by atoms with Gasteiger partial charge in [0.25, 0.3) is 5.69 Å². The molecule has 5 nitrogen and oxygen atoms in total. The number of non-ortho nitro benzene ring substituents is 1. The van der Waals surface area contributed by atoms with Crippen LogP contribution in [0.5, 0.6) is 0 Å². The highest BCUT2D eigenvalue weighted by atomic mass is 16.6. The lowest BCUT2D eigenvalue weighted by atomic mass is 10.3. The molecule has 0 N–H and O–H groups in total. The first-order valence-electron chi connectivity index (χ1n) is 3.67. The van der Waals surface area contributed by atoms with E-state index in [-0.39, 0.29) is 5.69 Å². The lowest BCUT2D eigenvalue weighted by Gasteiger charge is -1.92. The summed E-state index contributed by atoms with van der Waals surface area (Å²) in [4.78, 5) is 13.9. The number of hydrogen-bond acceptors (Lipinski definition) is 3. The van der Waals surface area contributed by atoms with Crippen molar-refractivity contribution >= 4 is 16.7 Å². The molecule has 0 aliphatic rings. The van der Waals surface area contributed by atoms with Crippen LogP contribution in [-0.4, -0.2) is 14.5 Å². The van der Waals surface area contributed by atoms with E-state index in [2.05, 4.69) is 11.3 Å². The van der Waals surface area contributed by atoms with Gasteiger partial charge in [0.15, 0.2) is 6.33 Å². The Kier molecular flexibility index (Phi) is 1.51. The Hall–Kier alpha value is -1.91. The van der Waals surface area contributed by atoms with E-state index in [0.29, 0.717) is 5.52 Å². The topological polar surface area (TPSA) is 61.0 Å². The third-order valence-electron chi connectivity index (χ3n) is 1.85. The fourth-order valence-electron chi connectivity index (χ4n) is 1.18. The Bertz CT molecular complexity index is 475. The van der Waals surface area contributed by atoms with Gasteiger partial charge in [0.2, 0.25) is 0 Å². The van der Waals surface area contributed by atoms with Crippen molar-refractivity contribution in [2.24, 2.45) is 7.05 Å².